The van der Waals surface area contributed by atoms with Crippen molar-refractivity contribution in [3.05, 3.63) is 39.4 Å². The van der Waals surface area contributed by atoms with Crippen LogP contribution in [0, 0.1) is 23.0 Å². The topological polar surface area (TPSA) is 75.5 Å². The average molecular weight is 319 g/mol. The number of carbonyl (C=O) groups excluding carboxylic acids is 1. The fraction of sp³-hybridized carbons (Fsp3) is 0.588. The fourth-order valence-corrected chi connectivity index (χ4v) is 2.98. The van der Waals surface area contributed by atoms with E-state index in [1.807, 2.05) is 17.9 Å². The Kier molecular flexibility index (Phi) is 5.71. The minimum Gasteiger partial charge on any atom is -0.341 e. The highest BCUT2D eigenvalue weighted by Gasteiger charge is 2.21. The van der Waals surface area contributed by atoms with Crippen molar-refractivity contribution in [2.75, 3.05) is 19.6 Å². The van der Waals surface area contributed by atoms with E-state index in [0.717, 1.165) is 25.1 Å². The first-order valence-corrected chi connectivity index (χ1v) is 8.14. The largest absolute Gasteiger partial charge is 0.341 e. The van der Waals surface area contributed by atoms with E-state index in [2.05, 4.69) is 12.2 Å². The Morgan fingerprint density at radius 1 is 1.52 bits per heavy atom. The molecule has 1 aromatic rings. The van der Waals surface area contributed by atoms with Gasteiger partial charge in [0.2, 0.25) is 5.91 Å². The molecule has 6 nitrogen and oxygen atoms in total. The number of nitrogens with one attached hydrogen (secondary N) is 1. The Morgan fingerprint density at radius 3 is 2.91 bits per heavy atom. The second kappa shape index (κ2) is 7.55. The number of aryl methyl sites for hydroxylation is 1. The average Bonchev–Trinajstić information content (AvgIpc) is 2.52. The Morgan fingerprint density at radius 2 is 2.26 bits per heavy atom. The zero-order valence-corrected chi connectivity index (χ0v) is 14.0. The van der Waals surface area contributed by atoms with Crippen LogP contribution >= 0.6 is 0 Å². The number of nitro benzene ring substituents is 1. The number of rotatable bonds is 5. The van der Waals surface area contributed by atoms with Gasteiger partial charge in [0.15, 0.2) is 0 Å². The molecule has 0 unspecified atom stereocenters. The van der Waals surface area contributed by atoms with Gasteiger partial charge in [-0.15, -0.1) is 0 Å². The van der Waals surface area contributed by atoms with Crippen LogP contribution in [-0.2, 0) is 4.79 Å². The van der Waals surface area contributed by atoms with Crippen molar-refractivity contribution in [1.29, 1.82) is 0 Å². The number of hydrogen-bond donors (Lipinski definition) is 1. The van der Waals surface area contributed by atoms with Crippen LogP contribution in [0.25, 0.3) is 0 Å². The van der Waals surface area contributed by atoms with Crippen molar-refractivity contribution in [3.8, 4) is 0 Å². The van der Waals surface area contributed by atoms with Crippen molar-refractivity contribution in [2.24, 2.45) is 5.92 Å². The monoisotopic (exact) mass is 319 g/mol. The van der Waals surface area contributed by atoms with E-state index in [-0.39, 0.29) is 29.1 Å². The summed E-state index contributed by atoms with van der Waals surface area (Å²) in [6.07, 6.45) is 2.24. The van der Waals surface area contributed by atoms with Gasteiger partial charge >= 0.3 is 0 Å². The summed E-state index contributed by atoms with van der Waals surface area (Å²) < 4.78 is 0. The predicted molar refractivity (Wildman–Crippen MR) is 89.2 cm³/mol. The Bertz CT molecular complexity index is 588. The van der Waals surface area contributed by atoms with Crippen LogP contribution in [0.5, 0.6) is 0 Å². The van der Waals surface area contributed by atoms with Crippen molar-refractivity contribution >= 4 is 11.6 Å². The smallest absolute Gasteiger partial charge is 0.272 e. The minimum absolute atomic E-state index is 0.102. The maximum atomic E-state index is 12.3. The standard InChI is InChI=1S/C17H25N3O3/c1-12-5-4-8-19(11-12)17(21)10-18-14(3)15-7-6-13(2)16(9-15)20(22)23/h6-7,9,12,14,18H,4-5,8,10-11H2,1-3H3/t12-,14+/m1/s1. The van der Waals surface area contributed by atoms with Gasteiger partial charge in [-0.25, -0.2) is 0 Å². The van der Waals surface area contributed by atoms with Gasteiger partial charge in [-0.3, -0.25) is 14.9 Å². The van der Waals surface area contributed by atoms with Crippen LogP contribution in [0.15, 0.2) is 18.2 Å². The van der Waals surface area contributed by atoms with Gasteiger partial charge in [-0.1, -0.05) is 19.1 Å². The lowest BCUT2D eigenvalue weighted by Crippen LogP contribution is -2.43. The highest BCUT2D eigenvalue weighted by Crippen LogP contribution is 2.23. The van der Waals surface area contributed by atoms with Crippen LogP contribution in [0.4, 0.5) is 5.69 Å². The number of benzene rings is 1. The molecule has 23 heavy (non-hydrogen) atoms. The lowest BCUT2D eigenvalue weighted by atomic mass is 10.0. The molecule has 126 valence electrons. The van der Waals surface area contributed by atoms with Crippen LogP contribution in [0.2, 0.25) is 0 Å². The highest BCUT2D eigenvalue weighted by molar-refractivity contribution is 5.78. The third-order valence-electron chi connectivity index (χ3n) is 4.50. The molecule has 1 aliphatic heterocycles. The summed E-state index contributed by atoms with van der Waals surface area (Å²) in [5, 5.41) is 14.2. The van der Waals surface area contributed by atoms with Crippen molar-refractivity contribution in [2.45, 2.75) is 39.7 Å². The summed E-state index contributed by atoms with van der Waals surface area (Å²) in [5.41, 5.74) is 1.58. The Labute approximate surface area is 137 Å². The molecule has 1 saturated heterocycles. The maximum Gasteiger partial charge on any atom is 0.272 e. The first kappa shape index (κ1) is 17.4. The van der Waals surface area contributed by atoms with E-state index >= 15 is 0 Å². The van der Waals surface area contributed by atoms with Gasteiger partial charge in [0.05, 0.1) is 11.5 Å². The number of nitrogens with zero attached hydrogens (tertiary/aromatic N) is 2. The molecular formula is C17H25N3O3. The molecule has 1 amide bonds. The van der Waals surface area contributed by atoms with Crippen molar-refractivity contribution in [1.82, 2.24) is 10.2 Å². The molecule has 6 heteroatoms. The molecule has 1 fully saturated rings. The summed E-state index contributed by atoms with van der Waals surface area (Å²) >= 11 is 0. The van der Waals surface area contributed by atoms with Gasteiger partial charge in [-0.05, 0) is 38.2 Å². The lowest BCUT2D eigenvalue weighted by Gasteiger charge is -2.31. The molecule has 1 heterocycles. The van der Waals surface area contributed by atoms with Gasteiger partial charge in [0.25, 0.3) is 5.69 Å². The molecule has 0 aromatic heterocycles. The number of likely N-dealkylation sites (tertiary alicyclic amines) is 1. The summed E-state index contributed by atoms with van der Waals surface area (Å²) in [6.45, 7) is 7.72. The summed E-state index contributed by atoms with van der Waals surface area (Å²) in [6, 6.07) is 5.09. The molecule has 2 rings (SSSR count). The molecule has 1 N–H and O–H groups in total. The molecule has 1 aromatic carbocycles. The highest BCUT2D eigenvalue weighted by atomic mass is 16.6. The van der Waals surface area contributed by atoms with E-state index < -0.39 is 0 Å². The van der Waals surface area contributed by atoms with Gasteiger partial charge < -0.3 is 10.2 Å². The van der Waals surface area contributed by atoms with Crippen LogP contribution in [0.3, 0.4) is 0 Å². The van der Waals surface area contributed by atoms with Crippen molar-refractivity contribution in [3.63, 3.8) is 0 Å². The summed E-state index contributed by atoms with van der Waals surface area (Å²) in [5.74, 6) is 0.662. The number of piperidine rings is 1. The summed E-state index contributed by atoms with van der Waals surface area (Å²) in [4.78, 5) is 24.8. The summed E-state index contributed by atoms with van der Waals surface area (Å²) in [7, 11) is 0. The first-order valence-electron chi connectivity index (χ1n) is 8.14. The van der Waals surface area contributed by atoms with E-state index in [1.54, 1.807) is 19.1 Å². The van der Waals surface area contributed by atoms with Crippen LogP contribution < -0.4 is 5.32 Å². The molecule has 0 saturated carbocycles. The minimum atomic E-state index is -0.369. The van der Waals surface area contributed by atoms with Crippen LogP contribution in [0.1, 0.15) is 43.9 Å². The zero-order chi connectivity index (χ0) is 17.0. The van der Waals surface area contributed by atoms with Gasteiger partial charge in [0, 0.05) is 30.8 Å². The molecule has 1 aliphatic rings. The lowest BCUT2D eigenvalue weighted by molar-refractivity contribution is -0.385. The normalized spacial score (nSPS) is 19.4. The Hall–Kier alpha value is -1.95. The fourth-order valence-electron chi connectivity index (χ4n) is 2.98. The Balaban J connectivity index is 1.94. The van der Waals surface area contributed by atoms with E-state index in [9.17, 15) is 14.9 Å². The molecule has 0 aliphatic carbocycles. The third kappa shape index (κ3) is 4.51. The molecular weight excluding hydrogens is 294 g/mol. The van der Waals surface area contributed by atoms with E-state index in [0.29, 0.717) is 11.5 Å². The molecule has 0 bridgehead atoms. The van der Waals surface area contributed by atoms with Gasteiger partial charge in [-0.2, -0.15) is 0 Å². The number of hydrogen-bond acceptors (Lipinski definition) is 4. The second-order valence-corrected chi connectivity index (χ2v) is 6.49. The number of nitro groups is 1. The number of amides is 1. The van der Waals surface area contributed by atoms with E-state index in [4.69, 9.17) is 0 Å². The first-order chi connectivity index (χ1) is 10.9. The number of carbonyl (C=O) groups is 1. The van der Waals surface area contributed by atoms with Crippen molar-refractivity contribution < 1.29 is 9.72 Å². The van der Waals surface area contributed by atoms with Crippen LogP contribution in [-0.4, -0.2) is 35.4 Å². The maximum absolute atomic E-state index is 12.3. The molecule has 2 atom stereocenters. The van der Waals surface area contributed by atoms with E-state index in [1.165, 1.54) is 6.42 Å². The molecule has 0 spiro atoms. The van der Waals surface area contributed by atoms with Gasteiger partial charge in [0.1, 0.15) is 0 Å². The third-order valence-corrected chi connectivity index (χ3v) is 4.50. The zero-order valence-electron chi connectivity index (χ0n) is 14.0. The quantitative estimate of drug-likeness (QED) is 0.669. The predicted octanol–water partition coefficient (Wildman–Crippen LogP) is 2.81. The molecule has 0 radical (unpaired) electrons. The second-order valence-electron chi connectivity index (χ2n) is 6.49. The SMILES string of the molecule is Cc1ccc([C@H](C)NCC(=O)N2CCC[C@@H](C)C2)cc1[N+](=O)[O-].